The van der Waals surface area contributed by atoms with Crippen molar-refractivity contribution < 1.29 is 13.9 Å². The molecule has 26 heavy (non-hydrogen) atoms. The zero-order valence-electron chi connectivity index (χ0n) is 13.8. The molecule has 0 fully saturated rings. The van der Waals surface area contributed by atoms with Crippen molar-refractivity contribution in [1.82, 2.24) is 0 Å². The van der Waals surface area contributed by atoms with Gasteiger partial charge in [-0.3, -0.25) is 4.79 Å². The Morgan fingerprint density at radius 3 is 2.65 bits per heavy atom. The fourth-order valence-corrected chi connectivity index (χ4v) is 2.40. The van der Waals surface area contributed by atoms with Gasteiger partial charge >= 0.3 is 0 Å². The van der Waals surface area contributed by atoms with Crippen molar-refractivity contribution in [2.75, 3.05) is 5.32 Å². The molecule has 0 aliphatic heterocycles. The number of amides is 1. The molecule has 0 radical (unpaired) electrons. The van der Waals surface area contributed by atoms with E-state index in [9.17, 15) is 9.18 Å². The summed E-state index contributed by atoms with van der Waals surface area (Å²) in [7, 11) is 0. The highest BCUT2D eigenvalue weighted by atomic mass is 19.1. The number of rotatable bonds is 5. The second-order valence-electron chi connectivity index (χ2n) is 5.59. The number of carbonyl (C=O) groups is 1. The first kappa shape index (κ1) is 17.2. The predicted octanol–water partition coefficient (Wildman–Crippen LogP) is 4.53. The minimum absolute atomic E-state index is 0.247. The predicted molar refractivity (Wildman–Crippen MR) is 96.3 cm³/mol. The van der Waals surface area contributed by atoms with Gasteiger partial charge in [-0.25, -0.2) is 4.39 Å². The summed E-state index contributed by atoms with van der Waals surface area (Å²) in [6, 6.07) is 21.6. The number of nitriles is 1. The molecule has 0 saturated heterocycles. The van der Waals surface area contributed by atoms with Crippen LogP contribution in [0, 0.1) is 17.1 Å². The van der Waals surface area contributed by atoms with Gasteiger partial charge in [-0.1, -0.05) is 24.3 Å². The monoisotopic (exact) mass is 346 g/mol. The van der Waals surface area contributed by atoms with E-state index >= 15 is 0 Å². The summed E-state index contributed by atoms with van der Waals surface area (Å²) in [4.78, 5) is 12.3. The molecule has 0 bridgehead atoms. The maximum absolute atomic E-state index is 13.2. The Morgan fingerprint density at radius 1 is 1.04 bits per heavy atom. The van der Waals surface area contributed by atoms with Gasteiger partial charge in [-0.05, 0) is 48.0 Å². The number of nitrogens with zero attached hydrogens (tertiary/aromatic N) is 1. The highest BCUT2D eigenvalue weighted by Gasteiger charge is 2.07. The molecule has 3 aromatic rings. The maximum Gasteiger partial charge on any atom is 0.255 e. The van der Waals surface area contributed by atoms with Crippen LogP contribution in [0.2, 0.25) is 0 Å². The normalized spacial score (nSPS) is 10.0. The third kappa shape index (κ3) is 4.46. The Labute approximate surface area is 150 Å². The Morgan fingerprint density at radius 2 is 1.85 bits per heavy atom. The fourth-order valence-electron chi connectivity index (χ4n) is 2.40. The molecule has 0 aliphatic rings. The van der Waals surface area contributed by atoms with Crippen LogP contribution in [0.3, 0.4) is 0 Å². The van der Waals surface area contributed by atoms with Crippen LogP contribution in [0.4, 0.5) is 10.1 Å². The largest absolute Gasteiger partial charge is 0.489 e. The Balaban J connectivity index is 1.67. The van der Waals surface area contributed by atoms with Crippen molar-refractivity contribution in [3.63, 3.8) is 0 Å². The molecule has 0 aromatic heterocycles. The van der Waals surface area contributed by atoms with Gasteiger partial charge < -0.3 is 10.1 Å². The van der Waals surface area contributed by atoms with Gasteiger partial charge in [0.05, 0.1) is 11.6 Å². The lowest BCUT2D eigenvalue weighted by molar-refractivity contribution is 0.102. The number of anilines is 1. The molecule has 1 N–H and O–H groups in total. The van der Waals surface area contributed by atoms with Crippen LogP contribution in [0.25, 0.3) is 0 Å². The lowest BCUT2D eigenvalue weighted by Crippen LogP contribution is -2.12. The molecule has 0 spiro atoms. The van der Waals surface area contributed by atoms with Crippen molar-refractivity contribution in [3.05, 3.63) is 95.3 Å². The van der Waals surface area contributed by atoms with Crippen LogP contribution in [-0.2, 0) is 6.61 Å². The Bertz CT molecular complexity index is 979. The smallest absolute Gasteiger partial charge is 0.255 e. The second-order valence-corrected chi connectivity index (χ2v) is 5.59. The van der Waals surface area contributed by atoms with E-state index in [1.54, 1.807) is 48.5 Å². The zero-order valence-corrected chi connectivity index (χ0v) is 13.8. The molecule has 128 valence electrons. The summed E-state index contributed by atoms with van der Waals surface area (Å²) in [5.74, 6) is -0.221. The first-order valence-electron chi connectivity index (χ1n) is 7.93. The summed E-state index contributed by atoms with van der Waals surface area (Å²) in [6.45, 7) is 0.247. The van der Waals surface area contributed by atoms with E-state index in [0.717, 1.165) is 5.56 Å². The molecule has 0 atom stereocenters. The first-order valence-corrected chi connectivity index (χ1v) is 7.93. The molecule has 0 saturated carbocycles. The number of nitrogens with one attached hydrogen (secondary N) is 1. The molecule has 1 amide bonds. The third-order valence-electron chi connectivity index (χ3n) is 3.64. The number of carbonyl (C=O) groups excluding carboxylic acids is 1. The average molecular weight is 346 g/mol. The molecular weight excluding hydrogens is 331 g/mol. The van der Waals surface area contributed by atoms with Gasteiger partial charge in [0, 0.05) is 17.3 Å². The van der Waals surface area contributed by atoms with Gasteiger partial charge in [-0.2, -0.15) is 5.26 Å². The minimum Gasteiger partial charge on any atom is -0.489 e. The molecule has 3 aromatic carbocycles. The molecule has 0 aliphatic carbocycles. The molecule has 0 heterocycles. The lowest BCUT2D eigenvalue weighted by Gasteiger charge is -2.09. The van der Waals surface area contributed by atoms with Crippen LogP contribution in [0.15, 0.2) is 72.8 Å². The second kappa shape index (κ2) is 7.95. The molecular formula is C21H15FN2O2. The van der Waals surface area contributed by atoms with E-state index in [4.69, 9.17) is 10.00 Å². The quantitative estimate of drug-likeness (QED) is 0.738. The number of halogens is 1. The number of ether oxygens (including phenoxy) is 1. The van der Waals surface area contributed by atoms with Crippen molar-refractivity contribution in [2.45, 2.75) is 6.61 Å². The van der Waals surface area contributed by atoms with E-state index in [-0.39, 0.29) is 18.3 Å². The lowest BCUT2D eigenvalue weighted by atomic mass is 10.1. The summed E-state index contributed by atoms with van der Waals surface area (Å²) < 4.78 is 18.7. The van der Waals surface area contributed by atoms with E-state index in [1.807, 2.05) is 12.1 Å². The summed E-state index contributed by atoms with van der Waals surface area (Å²) >= 11 is 0. The molecule has 0 unspecified atom stereocenters. The standard InChI is InChI=1S/C21H15FN2O2/c22-18-7-3-9-20(12-18)26-14-16-5-2-8-19(11-16)24-21(25)17-6-1-4-15(10-17)13-23/h1-12H,14H2,(H,24,25). The third-order valence-corrected chi connectivity index (χ3v) is 3.64. The van der Waals surface area contributed by atoms with Crippen molar-refractivity contribution in [3.8, 4) is 11.8 Å². The Hall–Kier alpha value is -3.65. The molecule has 4 nitrogen and oxygen atoms in total. The number of hydrogen-bond acceptors (Lipinski definition) is 3. The van der Waals surface area contributed by atoms with Crippen LogP contribution in [-0.4, -0.2) is 5.91 Å². The average Bonchev–Trinajstić information content (AvgIpc) is 2.67. The van der Waals surface area contributed by atoms with Crippen LogP contribution in [0.5, 0.6) is 5.75 Å². The van der Waals surface area contributed by atoms with Gasteiger partial charge in [0.1, 0.15) is 18.2 Å². The fraction of sp³-hybridized carbons (Fsp3) is 0.0476. The van der Waals surface area contributed by atoms with Crippen molar-refractivity contribution >= 4 is 11.6 Å². The summed E-state index contributed by atoms with van der Waals surface area (Å²) in [5.41, 5.74) is 2.27. The van der Waals surface area contributed by atoms with Crippen LogP contribution >= 0.6 is 0 Å². The molecule has 3 rings (SSSR count). The van der Waals surface area contributed by atoms with Gasteiger partial charge in [0.2, 0.25) is 0 Å². The number of hydrogen-bond donors (Lipinski definition) is 1. The van der Waals surface area contributed by atoms with Crippen molar-refractivity contribution in [2.24, 2.45) is 0 Å². The van der Waals surface area contributed by atoms with E-state index < -0.39 is 0 Å². The highest BCUT2D eigenvalue weighted by molar-refractivity contribution is 6.04. The van der Waals surface area contributed by atoms with E-state index in [2.05, 4.69) is 5.32 Å². The van der Waals surface area contributed by atoms with Gasteiger partial charge in [0.25, 0.3) is 5.91 Å². The Kier molecular flexibility index (Phi) is 5.25. The SMILES string of the molecule is N#Cc1cccc(C(=O)Nc2cccc(COc3cccc(F)c3)c2)c1. The minimum atomic E-state index is -0.358. The summed E-state index contributed by atoms with van der Waals surface area (Å²) in [5, 5.41) is 11.7. The van der Waals surface area contributed by atoms with Crippen LogP contribution < -0.4 is 10.1 Å². The topological polar surface area (TPSA) is 62.1 Å². The van der Waals surface area contributed by atoms with Gasteiger partial charge in [0.15, 0.2) is 0 Å². The highest BCUT2D eigenvalue weighted by Crippen LogP contribution is 2.17. The number of benzene rings is 3. The zero-order chi connectivity index (χ0) is 18.4. The van der Waals surface area contributed by atoms with E-state index in [1.165, 1.54) is 18.2 Å². The van der Waals surface area contributed by atoms with Crippen molar-refractivity contribution in [1.29, 1.82) is 5.26 Å². The van der Waals surface area contributed by atoms with Crippen LogP contribution in [0.1, 0.15) is 21.5 Å². The first-order chi connectivity index (χ1) is 12.6. The van der Waals surface area contributed by atoms with Gasteiger partial charge in [-0.15, -0.1) is 0 Å². The van der Waals surface area contributed by atoms with E-state index in [0.29, 0.717) is 22.6 Å². The maximum atomic E-state index is 13.2. The summed E-state index contributed by atoms with van der Waals surface area (Å²) in [6.07, 6.45) is 0. The molecule has 5 heteroatoms.